The number of ether oxygens (including phenoxy) is 4. The van der Waals surface area contributed by atoms with Crippen molar-refractivity contribution in [2.24, 2.45) is 5.73 Å². The lowest BCUT2D eigenvalue weighted by Crippen LogP contribution is -2.12. The van der Waals surface area contributed by atoms with E-state index in [0.29, 0.717) is 11.5 Å². The molecule has 0 bridgehead atoms. The van der Waals surface area contributed by atoms with Gasteiger partial charge in [0.2, 0.25) is 6.79 Å². The molecule has 0 saturated carbocycles. The van der Waals surface area contributed by atoms with E-state index in [-0.39, 0.29) is 12.8 Å². The van der Waals surface area contributed by atoms with Crippen LogP contribution in [0.3, 0.4) is 0 Å². The van der Waals surface area contributed by atoms with Crippen molar-refractivity contribution in [1.29, 1.82) is 0 Å². The van der Waals surface area contributed by atoms with Crippen LogP contribution in [0.15, 0.2) is 36.4 Å². The Bertz CT molecular complexity index is 657. The van der Waals surface area contributed by atoms with E-state index in [0.717, 1.165) is 22.6 Å². The van der Waals surface area contributed by atoms with Crippen LogP contribution in [-0.2, 0) is 0 Å². The number of methoxy groups -OCH3 is 2. The zero-order chi connectivity index (χ0) is 14.8. The van der Waals surface area contributed by atoms with E-state index >= 15 is 0 Å². The summed E-state index contributed by atoms with van der Waals surface area (Å²) >= 11 is 0. The number of nitrogens with two attached hydrogens (primary N) is 1. The first-order valence-corrected chi connectivity index (χ1v) is 6.60. The maximum atomic E-state index is 6.33. The zero-order valence-electron chi connectivity index (χ0n) is 12.0. The van der Waals surface area contributed by atoms with E-state index in [2.05, 4.69) is 0 Å². The number of rotatable bonds is 4. The average Bonchev–Trinajstić information content (AvgIpc) is 3.00. The second-order valence-corrected chi connectivity index (χ2v) is 4.70. The average molecular weight is 287 g/mol. The predicted octanol–water partition coefficient (Wildman–Crippen LogP) is 2.48. The molecule has 1 unspecified atom stereocenters. The van der Waals surface area contributed by atoms with Crippen LogP contribution in [-0.4, -0.2) is 21.0 Å². The highest BCUT2D eigenvalue weighted by atomic mass is 16.7. The van der Waals surface area contributed by atoms with Gasteiger partial charge in [-0.25, -0.2) is 0 Å². The number of fused-ring (bicyclic) bond motifs is 1. The molecule has 5 heteroatoms. The zero-order valence-corrected chi connectivity index (χ0v) is 12.0. The highest BCUT2D eigenvalue weighted by Crippen LogP contribution is 2.36. The number of hydrogen-bond donors (Lipinski definition) is 1. The molecule has 110 valence electrons. The first-order chi connectivity index (χ1) is 10.2. The largest absolute Gasteiger partial charge is 0.493 e. The molecule has 5 nitrogen and oxygen atoms in total. The molecule has 21 heavy (non-hydrogen) atoms. The highest BCUT2D eigenvalue weighted by molar-refractivity contribution is 5.49. The molecular formula is C16H17NO4. The summed E-state index contributed by atoms with van der Waals surface area (Å²) in [4.78, 5) is 0. The van der Waals surface area contributed by atoms with E-state index in [9.17, 15) is 0 Å². The SMILES string of the molecule is COc1ccc(C(N)c2ccc3c(c2)OCO3)cc1OC. The smallest absolute Gasteiger partial charge is 0.231 e. The Morgan fingerprint density at radius 2 is 1.57 bits per heavy atom. The summed E-state index contributed by atoms with van der Waals surface area (Å²) in [6.45, 7) is 0.254. The summed E-state index contributed by atoms with van der Waals surface area (Å²) in [7, 11) is 3.21. The number of benzene rings is 2. The third-order valence-electron chi connectivity index (χ3n) is 3.52. The molecule has 0 aromatic heterocycles. The third-order valence-corrected chi connectivity index (χ3v) is 3.52. The van der Waals surface area contributed by atoms with Crippen molar-refractivity contribution >= 4 is 0 Å². The fraction of sp³-hybridized carbons (Fsp3) is 0.250. The summed E-state index contributed by atoms with van der Waals surface area (Å²) in [5.74, 6) is 2.81. The van der Waals surface area contributed by atoms with Gasteiger partial charge in [-0.3, -0.25) is 0 Å². The van der Waals surface area contributed by atoms with Crippen molar-refractivity contribution in [3.8, 4) is 23.0 Å². The standard InChI is InChI=1S/C16H17NO4/c1-18-12-5-3-10(7-14(12)19-2)16(17)11-4-6-13-15(8-11)21-9-20-13/h3-8,16H,9,17H2,1-2H3. The lowest BCUT2D eigenvalue weighted by molar-refractivity contribution is 0.174. The van der Waals surface area contributed by atoms with E-state index in [4.69, 9.17) is 24.7 Å². The summed E-state index contributed by atoms with van der Waals surface area (Å²) < 4.78 is 21.2. The van der Waals surface area contributed by atoms with Crippen LogP contribution in [0.25, 0.3) is 0 Å². The van der Waals surface area contributed by atoms with Gasteiger partial charge in [0.25, 0.3) is 0 Å². The van der Waals surface area contributed by atoms with Crippen LogP contribution in [0.5, 0.6) is 23.0 Å². The third kappa shape index (κ3) is 2.48. The minimum atomic E-state index is -0.278. The van der Waals surface area contributed by atoms with Gasteiger partial charge in [-0.05, 0) is 35.4 Å². The Balaban J connectivity index is 1.93. The maximum Gasteiger partial charge on any atom is 0.231 e. The fourth-order valence-electron chi connectivity index (χ4n) is 2.35. The molecule has 1 aliphatic rings. The molecule has 0 amide bonds. The van der Waals surface area contributed by atoms with Gasteiger partial charge in [-0.2, -0.15) is 0 Å². The first kappa shape index (κ1) is 13.6. The van der Waals surface area contributed by atoms with Gasteiger partial charge in [0.1, 0.15) is 0 Å². The summed E-state index contributed by atoms with van der Waals surface area (Å²) in [6.07, 6.45) is 0. The van der Waals surface area contributed by atoms with Crippen molar-refractivity contribution in [2.45, 2.75) is 6.04 Å². The van der Waals surface area contributed by atoms with Crippen molar-refractivity contribution in [3.63, 3.8) is 0 Å². The minimum Gasteiger partial charge on any atom is -0.493 e. The quantitative estimate of drug-likeness (QED) is 0.936. The van der Waals surface area contributed by atoms with E-state index in [1.165, 1.54) is 0 Å². The highest BCUT2D eigenvalue weighted by Gasteiger charge is 2.18. The molecule has 2 aromatic rings. The van der Waals surface area contributed by atoms with Crippen LogP contribution in [0.4, 0.5) is 0 Å². The van der Waals surface area contributed by atoms with Crippen molar-refractivity contribution in [1.82, 2.24) is 0 Å². The number of hydrogen-bond acceptors (Lipinski definition) is 5. The normalized spacial score (nSPS) is 13.9. The van der Waals surface area contributed by atoms with Crippen LogP contribution >= 0.6 is 0 Å². The molecule has 2 aromatic carbocycles. The molecule has 3 rings (SSSR count). The summed E-state index contributed by atoms with van der Waals surface area (Å²) in [6, 6.07) is 11.1. The van der Waals surface area contributed by atoms with Crippen LogP contribution in [0, 0.1) is 0 Å². The van der Waals surface area contributed by atoms with E-state index in [1.54, 1.807) is 14.2 Å². The molecule has 0 radical (unpaired) electrons. The summed E-state index contributed by atoms with van der Waals surface area (Å²) in [5.41, 5.74) is 8.22. The Hall–Kier alpha value is -2.40. The molecule has 1 heterocycles. The van der Waals surface area contributed by atoms with Gasteiger partial charge in [0.15, 0.2) is 23.0 Å². The Kier molecular flexibility index (Phi) is 3.58. The Morgan fingerprint density at radius 1 is 0.905 bits per heavy atom. The molecule has 0 spiro atoms. The second-order valence-electron chi connectivity index (χ2n) is 4.70. The molecule has 1 aliphatic heterocycles. The van der Waals surface area contributed by atoms with Gasteiger partial charge < -0.3 is 24.7 Å². The Morgan fingerprint density at radius 3 is 2.33 bits per heavy atom. The molecule has 0 aliphatic carbocycles. The lowest BCUT2D eigenvalue weighted by Gasteiger charge is -2.15. The van der Waals surface area contributed by atoms with Crippen LogP contribution < -0.4 is 24.7 Å². The van der Waals surface area contributed by atoms with Crippen molar-refractivity contribution in [2.75, 3.05) is 21.0 Å². The predicted molar refractivity (Wildman–Crippen MR) is 78.1 cm³/mol. The topological polar surface area (TPSA) is 62.9 Å². The minimum absolute atomic E-state index is 0.254. The monoisotopic (exact) mass is 287 g/mol. The molecule has 2 N–H and O–H groups in total. The van der Waals surface area contributed by atoms with Crippen LogP contribution in [0.2, 0.25) is 0 Å². The summed E-state index contributed by atoms with van der Waals surface area (Å²) in [5, 5.41) is 0. The van der Waals surface area contributed by atoms with Gasteiger partial charge in [-0.15, -0.1) is 0 Å². The first-order valence-electron chi connectivity index (χ1n) is 6.60. The van der Waals surface area contributed by atoms with Gasteiger partial charge >= 0.3 is 0 Å². The van der Waals surface area contributed by atoms with Gasteiger partial charge in [0, 0.05) is 0 Å². The van der Waals surface area contributed by atoms with Gasteiger partial charge in [0.05, 0.1) is 20.3 Å². The second kappa shape index (κ2) is 5.54. The molecule has 0 fully saturated rings. The van der Waals surface area contributed by atoms with E-state index < -0.39 is 0 Å². The fourth-order valence-corrected chi connectivity index (χ4v) is 2.35. The van der Waals surface area contributed by atoms with Crippen LogP contribution in [0.1, 0.15) is 17.2 Å². The van der Waals surface area contributed by atoms with Gasteiger partial charge in [-0.1, -0.05) is 12.1 Å². The Labute approximate surface area is 123 Å². The molecular weight excluding hydrogens is 270 g/mol. The van der Waals surface area contributed by atoms with Crippen molar-refractivity contribution < 1.29 is 18.9 Å². The maximum absolute atomic E-state index is 6.33. The lowest BCUT2D eigenvalue weighted by atomic mass is 9.99. The molecule has 1 atom stereocenters. The van der Waals surface area contributed by atoms with E-state index in [1.807, 2.05) is 36.4 Å². The van der Waals surface area contributed by atoms with Crippen molar-refractivity contribution in [3.05, 3.63) is 47.5 Å². The molecule has 0 saturated heterocycles.